The molecule has 2 rings (SSSR count). The van der Waals surface area contributed by atoms with Gasteiger partial charge in [-0.25, -0.2) is 9.18 Å². The molecule has 1 aromatic carbocycles. The molecule has 0 bridgehead atoms. The minimum absolute atomic E-state index is 0.0433. The standard InChI is InChI=1S/C14H11FN2O2/c1-9-4-5-17(13(9)14(18)19)8-10-2-3-12(15)11(6-10)7-16/h2-6H,8H2,1H3,(H,18,19). The minimum Gasteiger partial charge on any atom is -0.477 e. The molecule has 0 atom stereocenters. The summed E-state index contributed by atoms with van der Waals surface area (Å²) in [5, 5.41) is 17.9. The van der Waals surface area contributed by atoms with Crippen molar-refractivity contribution >= 4 is 5.97 Å². The first kappa shape index (κ1) is 12.8. The van der Waals surface area contributed by atoms with Gasteiger partial charge in [0, 0.05) is 12.7 Å². The second-order valence-corrected chi connectivity index (χ2v) is 4.21. The normalized spacial score (nSPS) is 10.2. The molecule has 0 spiro atoms. The lowest BCUT2D eigenvalue weighted by atomic mass is 10.1. The summed E-state index contributed by atoms with van der Waals surface area (Å²) in [6.07, 6.45) is 1.66. The summed E-state index contributed by atoms with van der Waals surface area (Å²) >= 11 is 0. The molecular formula is C14H11FN2O2. The lowest BCUT2D eigenvalue weighted by molar-refractivity contribution is 0.0685. The smallest absolute Gasteiger partial charge is 0.352 e. The van der Waals surface area contributed by atoms with Gasteiger partial charge in [0.1, 0.15) is 17.6 Å². The van der Waals surface area contributed by atoms with Crippen molar-refractivity contribution in [2.75, 3.05) is 0 Å². The van der Waals surface area contributed by atoms with Crippen LogP contribution in [-0.2, 0) is 6.54 Å². The summed E-state index contributed by atoms with van der Waals surface area (Å²) in [6.45, 7) is 2.00. The van der Waals surface area contributed by atoms with Gasteiger partial charge in [-0.3, -0.25) is 0 Å². The number of nitriles is 1. The highest BCUT2D eigenvalue weighted by molar-refractivity contribution is 5.87. The summed E-state index contributed by atoms with van der Waals surface area (Å²) in [6, 6.07) is 7.65. The molecule has 1 aromatic heterocycles. The van der Waals surface area contributed by atoms with Crippen molar-refractivity contribution in [3.63, 3.8) is 0 Å². The summed E-state index contributed by atoms with van der Waals surface area (Å²) < 4.78 is 14.8. The molecule has 4 nitrogen and oxygen atoms in total. The van der Waals surface area contributed by atoms with Crippen LogP contribution >= 0.6 is 0 Å². The maximum Gasteiger partial charge on any atom is 0.352 e. The van der Waals surface area contributed by atoms with E-state index in [2.05, 4.69) is 0 Å². The molecule has 96 valence electrons. The Morgan fingerprint density at radius 1 is 1.47 bits per heavy atom. The van der Waals surface area contributed by atoms with Crippen LogP contribution in [0.2, 0.25) is 0 Å². The maximum absolute atomic E-state index is 13.2. The van der Waals surface area contributed by atoms with Crippen molar-refractivity contribution in [1.29, 1.82) is 5.26 Å². The summed E-state index contributed by atoms with van der Waals surface area (Å²) in [7, 11) is 0. The number of hydrogen-bond acceptors (Lipinski definition) is 2. The predicted octanol–water partition coefficient (Wildman–Crippen LogP) is 2.55. The van der Waals surface area contributed by atoms with E-state index in [1.807, 2.05) is 0 Å². The van der Waals surface area contributed by atoms with Gasteiger partial charge >= 0.3 is 5.97 Å². The predicted molar refractivity (Wildman–Crippen MR) is 66.3 cm³/mol. The van der Waals surface area contributed by atoms with Crippen molar-refractivity contribution in [3.8, 4) is 6.07 Å². The van der Waals surface area contributed by atoms with Gasteiger partial charge in [-0.05, 0) is 36.2 Å². The van der Waals surface area contributed by atoms with E-state index in [1.54, 1.807) is 29.8 Å². The van der Waals surface area contributed by atoms with Crippen LogP contribution in [0.15, 0.2) is 30.5 Å². The second kappa shape index (κ2) is 4.94. The highest BCUT2D eigenvalue weighted by atomic mass is 19.1. The van der Waals surface area contributed by atoms with Crippen molar-refractivity contribution in [3.05, 3.63) is 58.7 Å². The number of aromatic carboxylic acids is 1. The van der Waals surface area contributed by atoms with Gasteiger partial charge in [-0.1, -0.05) is 6.07 Å². The molecule has 0 saturated heterocycles. The number of halogens is 1. The number of benzene rings is 1. The van der Waals surface area contributed by atoms with E-state index in [1.165, 1.54) is 18.2 Å². The van der Waals surface area contributed by atoms with Crippen molar-refractivity contribution in [1.82, 2.24) is 4.57 Å². The fourth-order valence-corrected chi connectivity index (χ4v) is 1.96. The van der Waals surface area contributed by atoms with Gasteiger partial charge in [-0.2, -0.15) is 5.26 Å². The molecule has 0 radical (unpaired) electrons. The van der Waals surface area contributed by atoms with Crippen LogP contribution in [0.1, 0.15) is 27.2 Å². The van der Waals surface area contributed by atoms with Crippen molar-refractivity contribution in [2.24, 2.45) is 0 Å². The first-order valence-corrected chi connectivity index (χ1v) is 5.60. The Hall–Kier alpha value is -2.61. The van der Waals surface area contributed by atoms with Crippen LogP contribution in [0.5, 0.6) is 0 Å². The number of aryl methyl sites for hydroxylation is 1. The summed E-state index contributed by atoms with van der Waals surface area (Å²) in [5.74, 6) is -1.58. The first-order valence-electron chi connectivity index (χ1n) is 5.60. The number of hydrogen-bond donors (Lipinski definition) is 1. The number of carboxylic acid groups (broad SMARTS) is 1. The number of rotatable bonds is 3. The van der Waals surface area contributed by atoms with E-state index >= 15 is 0 Å². The fourth-order valence-electron chi connectivity index (χ4n) is 1.96. The van der Waals surface area contributed by atoms with Crippen LogP contribution in [-0.4, -0.2) is 15.6 Å². The topological polar surface area (TPSA) is 66.0 Å². The molecule has 0 aliphatic carbocycles. The molecule has 0 fully saturated rings. The van der Waals surface area contributed by atoms with Gasteiger partial charge in [-0.15, -0.1) is 0 Å². The van der Waals surface area contributed by atoms with Gasteiger partial charge in [0.25, 0.3) is 0 Å². The van der Waals surface area contributed by atoms with E-state index < -0.39 is 11.8 Å². The van der Waals surface area contributed by atoms with E-state index in [0.717, 1.165) is 0 Å². The third kappa shape index (κ3) is 2.47. The first-order chi connectivity index (χ1) is 9.02. The molecule has 19 heavy (non-hydrogen) atoms. The van der Waals surface area contributed by atoms with Crippen LogP contribution in [0.25, 0.3) is 0 Å². The van der Waals surface area contributed by atoms with E-state index in [0.29, 0.717) is 11.1 Å². The largest absolute Gasteiger partial charge is 0.477 e. The van der Waals surface area contributed by atoms with Crippen LogP contribution in [0.4, 0.5) is 4.39 Å². The third-order valence-electron chi connectivity index (χ3n) is 2.87. The Labute approximate surface area is 109 Å². The highest BCUT2D eigenvalue weighted by Crippen LogP contribution is 2.15. The Morgan fingerprint density at radius 2 is 2.21 bits per heavy atom. The zero-order chi connectivity index (χ0) is 14.0. The zero-order valence-electron chi connectivity index (χ0n) is 10.2. The third-order valence-corrected chi connectivity index (χ3v) is 2.87. The Balaban J connectivity index is 2.37. The monoisotopic (exact) mass is 258 g/mol. The molecule has 0 aliphatic heterocycles. The number of carboxylic acids is 1. The molecule has 0 aliphatic rings. The summed E-state index contributed by atoms with van der Waals surface area (Å²) in [4.78, 5) is 11.1. The lowest BCUT2D eigenvalue weighted by Gasteiger charge is -2.08. The lowest BCUT2D eigenvalue weighted by Crippen LogP contribution is -2.10. The SMILES string of the molecule is Cc1ccn(Cc2ccc(F)c(C#N)c2)c1C(=O)O. The van der Waals surface area contributed by atoms with Crippen molar-refractivity contribution < 1.29 is 14.3 Å². The number of nitrogens with zero attached hydrogens (tertiary/aromatic N) is 2. The highest BCUT2D eigenvalue weighted by Gasteiger charge is 2.13. The van der Waals surface area contributed by atoms with Crippen molar-refractivity contribution in [2.45, 2.75) is 13.5 Å². The zero-order valence-corrected chi connectivity index (χ0v) is 10.2. The Bertz CT molecular complexity index is 683. The van der Waals surface area contributed by atoms with E-state index in [4.69, 9.17) is 10.4 Å². The molecule has 1 N–H and O–H groups in total. The number of aromatic nitrogens is 1. The summed E-state index contributed by atoms with van der Waals surface area (Å²) in [5.41, 5.74) is 1.49. The van der Waals surface area contributed by atoms with Gasteiger partial charge in [0.2, 0.25) is 0 Å². The molecule has 2 aromatic rings. The van der Waals surface area contributed by atoms with Gasteiger partial charge in [0.15, 0.2) is 0 Å². The second-order valence-electron chi connectivity index (χ2n) is 4.21. The average Bonchev–Trinajstić information content (AvgIpc) is 2.73. The molecular weight excluding hydrogens is 247 g/mol. The Morgan fingerprint density at radius 3 is 2.84 bits per heavy atom. The van der Waals surface area contributed by atoms with Crippen LogP contribution in [0.3, 0.4) is 0 Å². The van der Waals surface area contributed by atoms with Gasteiger partial charge < -0.3 is 9.67 Å². The quantitative estimate of drug-likeness (QED) is 0.920. The average molecular weight is 258 g/mol. The van der Waals surface area contributed by atoms with Crippen LogP contribution in [0, 0.1) is 24.1 Å². The maximum atomic E-state index is 13.2. The molecule has 5 heteroatoms. The minimum atomic E-state index is -1.01. The number of carbonyl (C=O) groups is 1. The molecule has 1 heterocycles. The van der Waals surface area contributed by atoms with Gasteiger partial charge in [0.05, 0.1) is 5.56 Å². The molecule has 0 amide bonds. The van der Waals surface area contributed by atoms with E-state index in [9.17, 15) is 9.18 Å². The molecule has 0 unspecified atom stereocenters. The van der Waals surface area contributed by atoms with E-state index in [-0.39, 0.29) is 17.8 Å². The van der Waals surface area contributed by atoms with Crippen LogP contribution < -0.4 is 0 Å². The fraction of sp³-hybridized carbons (Fsp3) is 0.143. The Kier molecular flexibility index (Phi) is 3.34. The molecule has 0 saturated carbocycles.